The first-order valence-electron chi connectivity index (χ1n) is 4.72. The first-order valence-corrected chi connectivity index (χ1v) is 4.72. The summed E-state index contributed by atoms with van der Waals surface area (Å²) in [6.07, 6.45) is 0.481. The first kappa shape index (κ1) is 10.7. The summed E-state index contributed by atoms with van der Waals surface area (Å²) in [5.41, 5.74) is 1.54. The van der Waals surface area contributed by atoms with Crippen LogP contribution in [0.1, 0.15) is 24.5 Å². The molecule has 0 heterocycles. The molecule has 1 rings (SSSR count). The highest BCUT2D eigenvalue weighted by Gasteiger charge is 2.26. The van der Waals surface area contributed by atoms with Crippen LogP contribution < -0.4 is 0 Å². The lowest BCUT2D eigenvalue weighted by Gasteiger charge is -2.22. The van der Waals surface area contributed by atoms with E-state index < -0.39 is 5.41 Å². The van der Waals surface area contributed by atoms with Crippen molar-refractivity contribution in [1.29, 1.82) is 5.26 Å². The SMILES string of the molecule is Cc1ccccc1C(C)(C#N)CCO. The molecule has 0 aromatic heterocycles. The topological polar surface area (TPSA) is 44.0 Å². The number of rotatable bonds is 3. The maximum Gasteiger partial charge on any atom is 0.0818 e. The van der Waals surface area contributed by atoms with Gasteiger partial charge < -0.3 is 5.11 Å². The molecule has 14 heavy (non-hydrogen) atoms. The zero-order valence-corrected chi connectivity index (χ0v) is 8.62. The zero-order chi connectivity index (χ0) is 10.6. The van der Waals surface area contributed by atoms with Crippen LogP contribution in [0.3, 0.4) is 0 Å². The van der Waals surface area contributed by atoms with Gasteiger partial charge in [0, 0.05) is 6.61 Å². The molecule has 1 aromatic rings. The Bertz CT molecular complexity index is 354. The van der Waals surface area contributed by atoms with Crippen molar-refractivity contribution in [3.8, 4) is 6.07 Å². The molecule has 0 aliphatic rings. The summed E-state index contributed by atoms with van der Waals surface area (Å²) >= 11 is 0. The third-order valence-corrected chi connectivity index (χ3v) is 2.60. The molecule has 0 fully saturated rings. The average Bonchev–Trinajstić information content (AvgIpc) is 2.18. The van der Waals surface area contributed by atoms with Crippen LogP contribution in [0.5, 0.6) is 0 Å². The molecule has 1 N–H and O–H groups in total. The van der Waals surface area contributed by atoms with E-state index in [9.17, 15) is 0 Å². The van der Waals surface area contributed by atoms with Gasteiger partial charge in [-0.05, 0) is 31.4 Å². The number of aliphatic hydroxyl groups is 1. The Morgan fingerprint density at radius 3 is 2.57 bits per heavy atom. The second-order valence-electron chi connectivity index (χ2n) is 3.73. The van der Waals surface area contributed by atoms with E-state index >= 15 is 0 Å². The Balaban J connectivity index is 3.14. The predicted molar refractivity (Wildman–Crippen MR) is 55.8 cm³/mol. The zero-order valence-electron chi connectivity index (χ0n) is 8.62. The van der Waals surface area contributed by atoms with E-state index in [1.54, 1.807) is 0 Å². The van der Waals surface area contributed by atoms with E-state index in [2.05, 4.69) is 6.07 Å². The summed E-state index contributed by atoms with van der Waals surface area (Å²) < 4.78 is 0. The molecule has 0 spiro atoms. The fourth-order valence-electron chi connectivity index (χ4n) is 1.67. The van der Waals surface area contributed by atoms with Crippen molar-refractivity contribution < 1.29 is 5.11 Å². The monoisotopic (exact) mass is 189 g/mol. The predicted octanol–water partition coefficient (Wildman–Crippen LogP) is 2.16. The Hall–Kier alpha value is -1.33. The van der Waals surface area contributed by atoms with Gasteiger partial charge in [-0.3, -0.25) is 0 Å². The molecule has 0 saturated carbocycles. The molecule has 0 radical (unpaired) electrons. The highest BCUT2D eigenvalue weighted by Crippen LogP contribution is 2.28. The van der Waals surface area contributed by atoms with Gasteiger partial charge in [-0.2, -0.15) is 5.26 Å². The van der Waals surface area contributed by atoms with Gasteiger partial charge in [0.2, 0.25) is 0 Å². The number of hydrogen-bond acceptors (Lipinski definition) is 2. The number of nitrogens with zero attached hydrogens (tertiary/aromatic N) is 1. The van der Waals surface area contributed by atoms with Gasteiger partial charge in [0.25, 0.3) is 0 Å². The summed E-state index contributed by atoms with van der Waals surface area (Å²) in [5.74, 6) is 0. The van der Waals surface area contributed by atoms with Crippen LogP contribution in [0, 0.1) is 18.3 Å². The van der Waals surface area contributed by atoms with E-state index in [1.165, 1.54) is 0 Å². The lowest BCUT2D eigenvalue weighted by atomic mass is 9.79. The molecule has 1 unspecified atom stereocenters. The van der Waals surface area contributed by atoms with Gasteiger partial charge in [0.1, 0.15) is 0 Å². The fourth-order valence-corrected chi connectivity index (χ4v) is 1.67. The summed E-state index contributed by atoms with van der Waals surface area (Å²) in [6, 6.07) is 10.1. The van der Waals surface area contributed by atoms with Gasteiger partial charge in [-0.25, -0.2) is 0 Å². The van der Waals surface area contributed by atoms with E-state index in [-0.39, 0.29) is 6.61 Å². The van der Waals surface area contributed by atoms with Crippen LogP contribution in [0.25, 0.3) is 0 Å². The van der Waals surface area contributed by atoms with E-state index in [0.29, 0.717) is 6.42 Å². The number of hydrogen-bond donors (Lipinski definition) is 1. The molecule has 0 bridgehead atoms. The normalized spacial score (nSPS) is 14.4. The van der Waals surface area contributed by atoms with E-state index in [4.69, 9.17) is 10.4 Å². The Morgan fingerprint density at radius 2 is 2.07 bits per heavy atom. The Morgan fingerprint density at radius 1 is 1.43 bits per heavy atom. The van der Waals surface area contributed by atoms with Crippen LogP contribution >= 0.6 is 0 Å². The molecule has 0 amide bonds. The van der Waals surface area contributed by atoms with Crippen LogP contribution in [-0.2, 0) is 5.41 Å². The molecule has 74 valence electrons. The quantitative estimate of drug-likeness (QED) is 0.791. The minimum atomic E-state index is -0.569. The summed E-state index contributed by atoms with van der Waals surface area (Å²) in [6.45, 7) is 3.90. The first-order chi connectivity index (χ1) is 6.64. The number of benzene rings is 1. The minimum absolute atomic E-state index is 0.0401. The lowest BCUT2D eigenvalue weighted by Crippen LogP contribution is -2.22. The molecule has 1 atom stereocenters. The van der Waals surface area contributed by atoms with Crippen molar-refractivity contribution in [2.24, 2.45) is 0 Å². The Labute approximate surface area is 84.8 Å². The second-order valence-corrected chi connectivity index (χ2v) is 3.73. The van der Waals surface area contributed by atoms with Crippen molar-refractivity contribution >= 4 is 0 Å². The molecular formula is C12H15NO. The summed E-state index contributed by atoms with van der Waals surface area (Å²) in [4.78, 5) is 0. The van der Waals surface area contributed by atoms with Crippen LogP contribution in [0.2, 0.25) is 0 Å². The van der Waals surface area contributed by atoms with Crippen LogP contribution in [-0.4, -0.2) is 11.7 Å². The summed E-state index contributed by atoms with van der Waals surface area (Å²) in [5, 5.41) is 18.1. The standard InChI is InChI=1S/C12H15NO/c1-10-5-3-4-6-11(10)12(2,9-13)7-8-14/h3-6,14H,7-8H2,1-2H3. The van der Waals surface area contributed by atoms with Crippen molar-refractivity contribution in [3.05, 3.63) is 35.4 Å². The summed E-state index contributed by atoms with van der Waals surface area (Å²) in [7, 11) is 0. The van der Waals surface area contributed by atoms with Crippen molar-refractivity contribution in [1.82, 2.24) is 0 Å². The highest BCUT2D eigenvalue weighted by atomic mass is 16.3. The molecule has 2 nitrogen and oxygen atoms in total. The molecule has 0 saturated heterocycles. The maximum atomic E-state index is 9.13. The van der Waals surface area contributed by atoms with Crippen molar-refractivity contribution in [3.63, 3.8) is 0 Å². The third kappa shape index (κ3) is 1.94. The van der Waals surface area contributed by atoms with Gasteiger partial charge >= 0.3 is 0 Å². The van der Waals surface area contributed by atoms with Gasteiger partial charge in [0.05, 0.1) is 11.5 Å². The van der Waals surface area contributed by atoms with E-state index in [1.807, 2.05) is 38.1 Å². The molecule has 2 heteroatoms. The number of aryl methyl sites for hydroxylation is 1. The second kappa shape index (κ2) is 4.26. The minimum Gasteiger partial charge on any atom is -0.396 e. The van der Waals surface area contributed by atoms with E-state index in [0.717, 1.165) is 11.1 Å². The molecule has 0 aliphatic carbocycles. The number of nitriles is 1. The molecule has 1 aromatic carbocycles. The molecule has 0 aliphatic heterocycles. The fraction of sp³-hybridized carbons (Fsp3) is 0.417. The van der Waals surface area contributed by atoms with Crippen molar-refractivity contribution in [2.45, 2.75) is 25.7 Å². The van der Waals surface area contributed by atoms with Gasteiger partial charge in [-0.1, -0.05) is 24.3 Å². The van der Waals surface area contributed by atoms with Gasteiger partial charge in [0.15, 0.2) is 0 Å². The lowest BCUT2D eigenvalue weighted by molar-refractivity contribution is 0.263. The number of aliphatic hydroxyl groups excluding tert-OH is 1. The Kier molecular flexibility index (Phi) is 3.27. The van der Waals surface area contributed by atoms with Crippen molar-refractivity contribution in [2.75, 3.05) is 6.61 Å². The average molecular weight is 189 g/mol. The third-order valence-electron chi connectivity index (χ3n) is 2.60. The smallest absolute Gasteiger partial charge is 0.0818 e. The van der Waals surface area contributed by atoms with Gasteiger partial charge in [-0.15, -0.1) is 0 Å². The highest BCUT2D eigenvalue weighted by molar-refractivity contribution is 5.37. The van der Waals surface area contributed by atoms with Crippen LogP contribution in [0.4, 0.5) is 0 Å². The maximum absolute atomic E-state index is 9.13. The molecular weight excluding hydrogens is 174 g/mol. The van der Waals surface area contributed by atoms with Crippen LogP contribution in [0.15, 0.2) is 24.3 Å². The largest absolute Gasteiger partial charge is 0.396 e.